The summed E-state index contributed by atoms with van der Waals surface area (Å²) in [4.78, 5) is 6.18. The zero-order valence-corrected chi connectivity index (χ0v) is 21.8. The fourth-order valence-electron chi connectivity index (χ4n) is 6.35. The Kier molecular flexibility index (Phi) is 5.79. The summed E-state index contributed by atoms with van der Waals surface area (Å²) in [6.45, 7) is 1.31. The lowest BCUT2D eigenvalue weighted by molar-refractivity contribution is -0.137. The molecule has 10 heteroatoms. The molecule has 3 heterocycles. The van der Waals surface area contributed by atoms with E-state index < -0.39 is 23.5 Å². The normalized spacial score (nSPS) is 19.0. The molecule has 0 amide bonds. The first-order valence-corrected chi connectivity index (χ1v) is 13.6. The topological polar surface area (TPSA) is 42.2 Å². The second kappa shape index (κ2) is 9.09. The van der Waals surface area contributed by atoms with Crippen molar-refractivity contribution in [2.75, 3.05) is 18.0 Å². The number of hydrogen-bond donors (Lipinski definition) is 0. The van der Waals surface area contributed by atoms with Gasteiger partial charge in [-0.3, -0.25) is 4.98 Å². The molecule has 0 unspecified atom stereocenters. The van der Waals surface area contributed by atoms with Crippen LogP contribution in [-0.4, -0.2) is 23.2 Å². The number of fused-ring (bicyclic) bond motifs is 1. The molecule has 2 aliphatic carbocycles. The lowest BCUT2D eigenvalue weighted by Gasteiger charge is -2.47. The van der Waals surface area contributed by atoms with Crippen molar-refractivity contribution in [2.24, 2.45) is 5.41 Å². The molecule has 0 bridgehead atoms. The maximum Gasteiger partial charge on any atom is 0.417 e. The number of pyridine rings is 1. The number of alkyl halides is 6. The van der Waals surface area contributed by atoms with Crippen LogP contribution >= 0.6 is 0 Å². The van der Waals surface area contributed by atoms with Gasteiger partial charge in [-0.1, -0.05) is 29.4 Å². The third-order valence-corrected chi connectivity index (χ3v) is 8.65. The number of allylic oxidation sites excluding steroid dienone is 2. The Morgan fingerprint density at radius 3 is 2.27 bits per heavy atom. The molecule has 0 atom stereocenters. The second-order valence-electron chi connectivity index (χ2n) is 11.3. The first-order chi connectivity index (χ1) is 19.5. The van der Waals surface area contributed by atoms with Crippen LogP contribution in [0.2, 0.25) is 0 Å². The number of nitrogens with zero attached hydrogens (tertiary/aromatic N) is 3. The second-order valence-corrected chi connectivity index (χ2v) is 11.3. The fraction of sp³-hybridized carbons (Fsp3) is 0.355. The van der Waals surface area contributed by atoms with Gasteiger partial charge >= 0.3 is 12.4 Å². The molecule has 0 N–H and O–H groups in total. The fourth-order valence-corrected chi connectivity index (χ4v) is 6.35. The molecular formula is C31H25F6N3O. The van der Waals surface area contributed by atoms with Gasteiger partial charge in [0.05, 0.1) is 16.6 Å². The molecule has 4 nitrogen and oxygen atoms in total. The third-order valence-electron chi connectivity index (χ3n) is 8.65. The average Bonchev–Trinajstić information content (AvgIpc) is 3.68. The van der Waals surface area contributed by atoms with Gasteiger partial charge in [-0.2, -0.15) is 26.3 Å². The predicted octanol–water partition coefficient (Wildman–Crippen LogP) is 8.88. The van der Waals surface area contributed by atoms with E-state index in [4.69, 9.17) is 4.52 Å². The number of benzene rings is 2. The molecule has 1 saturated carbocycles. The molecule has 3 aliphatic rings. The molecule has 2 fully saturated rings. The molecule has 2 aromatic heterocycles. The van der Waals surface area contributed by atoms with Gasteiger partial charge in [0.2, 0.25) is 0 Å². The molecule has 1 aliphatic heterocycles. The molecule has 4 aromatic rings. The minimum absolute atomic E-state index is 0.0198. The highest BCUT2D eigenvalue weighted by atomic mass is 19.4. The van der Waals surface area contributed by atoms with Crippen LogP contribution in [0, 0.1) is 5.41 Å². The summed E-state index contributed by atoms with van der Waals surface area (Å²) in [6.07, 6.45) is -1.54. The van der Waals surface area contributed by atoms with Crippen molar-refractivity contribution < 1.29 is 30.9 Å². The van der Waals surface area contributed by atoms with E-state index in [2.05, 4.69) is 21.1 Å². The van der Waals surface area contributed by atoms with Crippen molar-refractivity contribution in [3.05, 3.63) is 83.3 Å². The maximum absolute atomic E-state index is 13.8. The Bertz CT molecular complexity index is 1670. The molecule has 7 rings (SSSR count). The zero-order chi connectivity index (χ0) is 28.6. The van der Waals surface area contributed by atoms with Gasteiger partial charge in [0.15, 0.2) is 0 Å². The minimum atomic E-state index is -4.52. The first kappa shape index (κ1) is 26.1. The molecule has 41 heavy (non-hydrogen) atoms. The quantitative estimate of drug-likeness (QED) is 0.230. The number of piperidine rings is 1. The van der Waals surface area contributed by atoms with E-state index >= 15 is 0 Å². The molecule has 0 radical (unpaired) electrons. The van der Waals surface area contributed by atoms with E-state index in [0.29, 0.717) is 36.4 Å². The SMILES string of the molecule is FC(F)(F)c1ccccc1-c1noc(C2CC2)c1C1=CC2(CCN(c3ccc4nccc(C(F)(F)F)c4c3)CC2)C1. The minimum Gasteiger partial charge on any atom is -0.371 e. The van der Waals surface area contributed by atoms with E-state index in [-0.39, 0.29) is 28.0 Å². The van der Waals surface area contributed by atoms with Crippen LogP contribution in [-0.2, 0) is 12.4 Å². The Labute approximate surface area is 231 Å². The van der Waals surface area contributed by atoms with Crippen molar-refractivity contribution in [3.63, 3.8) is 0 Å². The van der Waals surface area contributed by atoms with Crippen molar-refractivity contribution in [1.82, 2.24) is 10.1 Å². The Morgan fingerprint density at radius 2 is 1.59 bits per heavy atom. The van der Waals surface area contributed by atoms with E-state index in [1.54, 1.807) is 24.3 Å². The van der Waals surface area contributed by atoms with Crippen molar-refractivity contribution >= 4 is 22.2 Å². The highest BCUT2D eigenvalue weighted by Crippen LogP contribution is 2.56. The largest absolute Gasteiger partial charge is 0.417 e. The van der Waals surface area contributed by atoms with Crippen LogP contribution in [0.3, 0.4) is 0 Å². The van der Waals surface area contributed by atoms with Gasteiger partial charge < -0.3 is 9.42 Å². The molecule has 1 saturated heterocycles. The van der Waals surface area contributed by atoms with Crippen LogP contribution in [0.25, 0.3) is 27.7 Å². The third kappa shape index (κ3) is 4.57. The number of hydrogen-bond acceptors (Lipinski definition) is 4. The number of rotatable bonds is 4. The maximum atomic E-state index is 13.8. The molecule has 2 aromatic carbocycles. The van der Waals surface area contributed by atoms with E-state index in [0.717, 1.165) is 49.1 Å². The van der Waals surface area contributed by atoms with Crippen LogP contribution in [0.1, 0.15) is 60.5 Å². The summed E-state index contributed by atoms with van der Waals surface area (Å²) in [7, 11) is 0. The summed E-state index contributed by atoms with van der Waals surface area (Å²) < 4.78 is 87.9. The van der Waals surface area contributed by atoms with Gasteiger partial charge in [-0.15, -0.1) is 0 Å². The van der Waals surface area contributed by atoms with Gasteiger partial charge in [0.1, 0.15) is 11.5 Å². The van der Waals surface area contributed by atoms with E-state index in [9.17, 15) is 26.3 Å². The summed E-state index contributed by atoms with van der Waals surface area (Å²) in [6, 6.07) is 11.4. The van der Waals surface area contributed by atoms with Crippen molar-refractivity contribution in [2.45, 2.75) is 50.4 Å². The zero-order valence-electron chi connectivity index (χ0n) is 21.8. The molecule has 212 valence electrons. The number of anilines is 1. The molecular weight excluding hydrogens is 544 g/mol. The monoisotopic (exact) mass is 569 g/mol. The van der Waals surface area contributed by atoms with Crippen LogP contribution in [0.4, 0.5) is 32.0 Å². The average molecular weight is 570 g/mol. The van der Waals surface area contributed by atoms with Gasteiger partial charge in [0, 0.05) is 47.4 Å². The number of halogens is 6. The lowest BCUT2D eigenvalue weighted by atomic mass is 9.63. The van der Waals surface area contributed by atoms with Crippen LogP contribution < -0.4 is 4.90 Å². The highest BCUT2D eigenvalue weighted by Gasteiger charge is 2.45. The van der Waals surface area contributed by atoms with Crippen molar-refractivity contribution in [1.29, 1.82) is 0 Å². The van der Waals surface area contributed by atoms with Crippen LogP contribution in [0.15, 0.2) is 65.3 Å². The summed E-state index contributed by atoms with van der Waals surface area (Å²) >= 11 is 0. The molecule has 1 spiro atoms. The smallest absolute Gasteiger partial charge is 0.371 e. The lowest BCUT2D eigenvalue weighted by Crippen LogP contribution is -2.42. The summed E-state index contributed by atoms with van der Waals surface area (Å²) in [5.41, 5.74) is 1.38. The summed E-state index contributed by atoms with van der Waals surface area (Å²) in [5, 5.41) is 4.23. The van der Waals surface area contributed by atoms with Gasteiger partial charge in [-0.25, -0.2) is 0 Å². The first-order valence-electron chi connectivity index (χ1n) is 13.6. The standard InChI is InChI=1S/C31H25F6N3O/c32-30(33,34)23-4-2-1-3-21(23)27-26(28(41-39-27)18-5-6-18)19-16-29(17-19)10-13-40(14-11-29)20-7-8-25-22(15-20)24(9-12-38-25)31(35,36)37/h1-4,7-9,12,15-16,18H,5-6,10-11,13-14,17H2. The Morgan fingerprint density at radius 1 is 0.878 bits per heavy atom. The highest BCUT2D eigenvalue weighted by molar-refractivity contribution is 5.87. The van der Waals surface area contributed by atoms with Gasteiger partial charge in [0.25, 0.3) is 0 Å². The van der Waals surface area contributed by atoms with Crippen molar-refractivity contribution in [3.8, 4) is 11.3 Å². The Balaban J connectivity index is 1.16. The van der Waals surface area contributed by atoms with Gasteiger partial charge in [-0.05, 0) is 73.4 Å². The predicted molar refractivity (Wildman–Crippen MR) is 142 cm³/mol. The van der Waals surface area contributed by atoms with E-state index in [1.807, 2.05) is 0 Å². The van der Waals surface area contributed by atoms with Crippen LogP contribution in [0.5, 0.6) is 0 Å². The number of aromatic nitrogens is 2. The summed E-state index contributed by atoms with van der Waals surface area (Å²) in [5.74, 6) is 0.841. The van der Waals surface area contributed by atoms with E-state index in [1.165, 1.54) is 18.3 Å². The Hall–Kier alpha value is -3.82.